The molecule has 146 valence electrons. The largest absolute Gasteiger partial charge is 0.497 e. The number of ether oxygens (including phenoxy) is 2. The van der Waals surface area contributed by atoms with Crippen LogP contribution in [-0.2, 0) is 0 Å². The fraction of sp³-hybridized carbons (Fsp3) is 0.0476. The minimum Gasteiger partial charge on any atom is -0.497 e. The summed E-state index contributed by atoms with van der Waals surface area (Å²) < 4.78 is 10.5. The van der Waals surface area contributed by atoms with E-state index in [1.807, 2.05) is 17.5 Å². The number of benzene rings is 2. The molecule has 0 saturated heterocycles. The van der Waals surface area contributed by atoms with Gasteiger partial charge in [0.1, 0.15) is 11.5 Å². The van der Waals surface area contributed by atoms with Gasteiger partial charge < -0.3 is 9.47 Å². The number of carbonyl (C=O) groups is 2. The fourth-order valence-corrected chi connectivity index (χ4v) is 3.07. The van der Waals surface area contributed by atoms with Crippen LogP contribution in [0.15, 0.2) is 66.1 Å². The van der Waals surface area contributed by atoms with E-state index in [1.54, 1.807) is 12.1 Å². The molecule has 3 aromatic rings. The van der Waals surface area contributed by atoms with Gasteiger partial charge in [-0.3, -0.25) is 14.9 Å². The molecule has 0 bridgehead atoms. The van der Waals surface area contributed by atoms with Crippen molar-refractivity contribution in [3.8, 4) is 11.5 Å². The first-order chi connectivity index (χ1) is 14.0. The maximum Gasteiger partial charge on any atom is 0.343 e. The highest BCUT2D eigenvalue weighted by Gasteiger charge is 2.18. The molecule has 0 aliphatic heterocycles. The zero-order chi connectivity index (χ0) is 20.8. The van der Waals surface area contributed by atoms with Gasteiger partial charge in [-0.1, -0.05) is 12.1 Å². The van der Waals surface area contributed by atoms with Gasteiger partial charge in [0.05, 0.1) is 23.2 Å². The second kappa shape index (κ2) is 8.94. The van der Waals surface area contributed by atoms with E-state index in [9.17, 15) is 19.7 Å². The van der Waals surface area contributed by atoms with E-state index in [0.717, 1.165) is 10.9 Å². The molecule has 0 fully saturated rings. The predicted octanol–water partition coefficient (Wildman–Crippen LogP) is 4.78. The molecule has 0 spiro atoms. The Morgan fingerprint density at radius 3 is 2.62 bits per heavy atom. The number of methoxy groups -OCH3 is 1. The lowest BCUT2D eigenvalue weighted by Crippen LogP contribution is -2.11. The first-order valence-corrected chi connectivity index (χ1v) is 9.26. The van der Waals surface area contributed by atoms with Gasteiger partial charge in [0.25, 0.3) is 5.69 Å². The van der Waals surface area contributed by atoms with E-state index in [-0.39, 0.29) is 28.3 Å². The maximum absolute atomic E-state index is 12.6. The average molecular weight is 409 g/mol. The number of non-ortho nitro benzene ring substituents is 1. The molecule has 7 nitrogen and oxygen atoms in total. The number of carbonyl (C=O) groups excluding carboxylic acids is 2. The van der Waals surface area contributed by atoms with Crippen molar-refractivity contribution in [2.45, 2.75) is 0 Å². The first-order valence-electron chi connectivity index (χ1n) is 8.38. The molecule has 0 atom stereocenters. The Bertz CT molecular complexity index is 1090. The molecule has 0 amide bonds. The lowest BCUT2D eigenvalue weighted by molar-refractivity contribution is -0.384. The van der Waals surface area contributed by atoms with Gasteiger partial charge in [0.15, 0.2) is 5.78 Å². The average Bonchev–Trinajstić information content (AvgIpc) is 3.25. The minimum absolute atomic E-state index is 0.00156. The molecule has 0 radical (unpaired) electrons. The van der Waals surface area contributed by atoms with Crippen molar-refractivity contribution in [3.63, 3.8) is 0 Å². The number of rotatable bonds is 7. The van der Waals surface area contributed by atoms with Crippen LogP contribution in [0, 0.1) is 10.1 Å². The summed E-state index contributed by atoms with van der Waals surface area (Å²) in [6.07, 6.45) is 3.06. The van der Waals surface area contributed by atoms with Crippen molar-refractivity contribution in [3.05, 3.63) is 92.2 Å². The van der Waals surface area contributed by atoms with Crippen LogP contribution in [0.3, 0.4) is 0 Å². The summed E-state index contributed by atoms with van der Waals surface area (Å²) in [6.45, 7) is 0. The summed E-state index contributed by atoms with van der Waals surface area (Å²) >= 11 is 1.48. The quantitative estimate of drug-likeness (QED) is 0.139. The molecular weight excluding hydrogens is 394 g/mol. The standard InChI is InChI=1S/C21H15NO6S/c1-27-16-7-9-18(19(23)10-8-17-6-3-11-29-17)20(13-16)28-21(24)14-4-2-5-15(12-14)22(25)26/h2-13H,1H3. The first kappa shape index (κ1) is 20.0. The van der Waals surface area contributed by atoms with Gasteiger partial charge in [0.2, 0.25) is 0 Å². The highest BCUT2D eigenvalue weighted by Crippen LogP contribution is 2.27. The molecular formula is C21H15NO6S. The highest BCUT2D eigenvalue weighted by molar-refractivity contribution is 7.10. The molecule has 0 unspecified atom stereocenters. The normalized spacial score (nSPS) is 10.7. The number of hydrogen-bond acceptors (Lipinski definition) is 7. The molecule has 3 rings (SSSR count). The summed E-state index contributed by atoms with van der Waals surface area (Å²) in [6, 6.07) is 13.4. The molecule has 8 heteroatoms. The van der Waals surface area contributed by atoms with Gasteiger partial charge in [-0.2, -0.15) is 0 Å². The third-order valence-corrected chi connectivity index (χ3v) is 4.73. The number of nitro benzene ring substituents is 1. The van der Waals surface area contributed by atoms with Crippen LogP contribution in [0.2, 0.25) is 0 Å². The smallest absolute Gasteiger partial charge is 0.343 e. The second-order valence-electron chi connectivity index (χ2n) is 5.77. The Morgan fingerprint density at radius 1 is 1.10 bits per heavy atom. The van der Waals surface area contributed by atoms with E-state index >= 15 is 0 Å². The summed E-state index contributed by atoms with van der Waals surface area (Å²) in [5.74, 6) is -0.784. The summed E-state index contributed by atoms with van der Waals surface area (Å²) in [5, 5.41) is 12.8. The van der Waals surface area contributed by atoms with Crippen LogP contribution in [0.25, 0.3) is 6.08 Å². The number of ketones is 1. The van der Waals surface area contributed by atoms with Crippen molar-refractivity contribution < 1.29 is 24.0 Å². The van der Waals surface area contributed by atoms with Crippen molar-refractivity contribution >= 4 is 34.9 Å². The van der Waals surface area contributed by atoms with Crippen LogP contribution in [-0.4, -0.2) is 23.8 Å². The van der Waals surface area contributed by atoms with E-state index in [4.69, 9.17) is 9.47 Å². The Balaban J connectivity index is 1.89. The van der Waals surface area contributed by atoms with Crippen molar-refractivity contribution in [1.82, 2.24) is 0 Å². The fourth-order valence-electron chi connectivity index (χ4n) is 2.46. The number of nitro groups is 1. The predicted molar refractivity (Wildman–Crippen MR) is 109 cm³/mol. The zero-order valence-electron chi connectivity index (χ0n) is 15.2. The molecule has 0 saturated carbocycles. The monoisotopic (exact) mass is 409 g/mol. The van der Waals surface area contributed by atoms with Gasteiger partial charge >= 0.3 is 5.97 Å². The van der Waals surface area contributed by atoms with E-state index in [0.29, 0.717) is 5.75 Å². The van der Waals surface area contributed by atoms with Crippen molar-refractivity contribution in [2.24, 2.45) is 0 Å². The molecule has 2 aromatic carbocycles. The summed E-state index contributed by atoms with van der Waals surface area (Å²) in [4.78, 5) is 36.3. The molecule has 0 aliphatic rings. The minimum atomic E-state index is -0.821. The van der Waals surface area contributed by atoms with Crippen LogP contribution in [0.5, 0.6) is 11.5 Å². The SMILES string of the molecule is COc1ccc(C(=O)C=Cc2cccs2)c(OC(=O)c2cccc([N+](=O)[O-])c2)c1. The highest BCUT2D eigenvalue weighted by atomic mass is 32.1. The maximum atomic E-state index is 12.6. The second-order valence-corrected chi connectivity index (χ2v) is 6.75. The Kier molecular flexibility index (Phi) is 6.16. The van der Waals surface area contributed by atoms with Crippen LogP contribution in [0.1, 0.15) is 25.6 Å². The summed E-state index contributed by atoms with van der Waals surface area (Å²) in [7, 11) is 1.44. The molecule has 0 aliphatic carbocycles. The third-order valence-electron chi connectivity index (χ3n) is 3.89. The molecule has 0 N–H and O–H groups in total. The number of esters is 1. The number of allylic oxidation sites excluding steroid dienone is 1. The number of hydrogen-bond donors (Lipinski definition) is 0. The lowest BCUT2D eigenvalue weighted by Gasteiger charge is -2.10. The van der Waals surface area contributed by atoms with Crippen LogP contribution in [0.4, 0.5) is 5.69 Å². The van der Waals surface area contributed by atoms with E-state index in [1.165, 1.54) is 54.9 Å². The Labute approximate surface area is 170 Å². The van der Waals surface area contributed by atoms with E-state index in [2.05, 4.69) is 0 Å². The third kappa shape index (κ3) is 4.94. The van der Waals surface area contributed by atoms with E-state index < -0.39 is 10.9 Å². The molecule has 1 heterocycles. The molecule has 29 heavy (non-hydrogen) atoms. The Morgan fingerprint density at radius 2 is 1.93 bits per heavy atom. The summed E-state index contributed by atoms with van der Waals surface area (Å²) in [5.41, 5.74) is -0.0767. The number of nitrogens with zero attached hydrogens (tertiary/aromatic N) is 1. The topological polar surface area (TPSA) is 95.7 Å². The molecule has 1 aromatic heterocycles. The van der Waals surface area contributed by atoms with Crippen LogP contribution >= 0.6 is 11.3 Å². The zero-order valence-corrected chi connectivity index (χ0v) is 16.0. The van der Waals surface area contributed by atoms with Crippen LogP contribution < -0.4 is 9.47 Å². The van der Waals surface area contributed by atoms with Gasteiger partial charge in [-0.25, -0.2) is 4.79 Å². The van der Waals surface area contributed by atoms with Crippen molar-refractivity contribution in [2.75, 3.05) is 7.11 Å². The van der Waals surface area contributed by atoms with Gasteiger partial charge in [-0.15, -0.1) is 11.3 Å². The van der Waals surface area contributed by atoms with Gasteiger partial charge in [-0.05, 0) is 41.8 Å². The number of thiophene rings is 1. The van der Waals surface area contributed by atoms with Crippen molar-refractivity contribution in [1.29, 1.82) is 0 Å². The van der Waals surface area contributed by atoms with Gasteiger partial charge in [0, 0.05) is 23.1 Å². The Hall–Kier alpha value is -3.78. The lowest BCUT2D eigenvalue weighted by atomic mass is 10.1.